The average Bonchev–Trinajstić information content (AvgIpc) is 3.02. The molecule has 2 aliphatic heterocycles. The van der Waals surface area contributed by atoms with Gasteiger partial charge in [-0.15, -0.1) is 0 Å². The minimum atomic E-state index is -3.58. The first-order valence-corrected chi connectivity index (χ1v) is 17.3. The van der Waals surface area contributed by atoms with Crippen LogP contribution in [0.5, 0.6) is 0 Å². The number of benzene rings is 3. The minimum Gasteiger partial charge on any atom is -0.462 e. The normalized spacial score (nSPS) is 21.2. The van der Waals surface area contributed by atoms with E-state index in [0.717, 1.165) is 36.9 Å². The average molecular weight is 725 g/mol. The second-order valence-corrected chi connectivity index (χ2v) is 15.1. The number of carbonyl (C=O) groups excluding carboxylic acids is 2. The molecule has 10 heteroatoms. The number of pyridine rings is 1. The van der Waals surface area contributed by atoms with E-state index in [1.807, 2.05) is 62.4 Å². The number of ether oxygens (including phenoxy) is 2. The third-order valence-electron chi connectivity index (χ3n) is 8.82. The fraction of sp³-hybridized carbons (Fsp3) is 0.324. The fourth-order valence-electron chi connectivity index (χ4n) is 6.16. The number of amides is 1. The van der Waals surface area contributed by atoms with Crippen LogP contribution in [0.4, 0.5) is 0 Å². The Labute approximate surface area is 270 Å². The summed E-state index contributed by atoms with van der Waals surface area (Å²) in [6.07, 6.45) is 1.83. The SMILES string of the molecule is Cc1ccc(S(=O)(=O)CCOC(=O)C23CCC(NC(=O)c4c(C)c(-c5ccccc5)nc5ccc(I)cc45)(CC2)CO3)cc1. The second-order valence-electron chi connectivity index (χ2n) is 11.8. The standard InChI is InChI=1S/C34H33IN2O6S/c1-22-8-11-26(12-9-22)44(40,41)19-18-42-32(39)34-16-14-33(15-17-34,21-43-34)37-31(38)29-23(2)30(24-6-4-3-5-7-24)36-28-13-10-25(35)20-27(28)29/h3-13,20H,14-19,21H2,1-2H3,(H,37,38). The molecule has 0 spiro atoms. The molecule has 1 N–H and O–H groups in total. The highest BCUT2D eigenvalue weighted by Crippen LogP contribution is 2.45. The molecular weight excluding hydrogens is 691 g/mol. The number of aryl methyl sites for hydroxylation is 1. The van der Waals surface area contributed by atoms with Crippen LogP contribution in [-0.2, 0) is 24.1 Å². The fourth-order valence-corrected chi connectivity index (χ4v) is 7.74. The number of hydrogen-bond acceptors (Lipinski definition) is 7. The number of nitrogens with zero attached hydrogens (tertiary/aromatic N) is 1. The number of rotatable bonds is 8. The number of hydrogen-bond donors (Lipinski definition) is 1. The zero-order chi connectivity index (χ0) is 31.1. The summed E-state index contributed by atoms with van der Waals surface area (Å²) in [5.41, 5.74) is 3.03. The van der Waals surface area contributed by atoms with Gasteiger partial charge in [-0.05, 0) is 98.0 Å². The summed E-state index contributed by atoms with van der Waals surface area (Å²) in [6, 6.07) is 22.3. The molecule has 3 fully saturated rings. The number of carbonyl (C=O) groups is 2. The lowest BCUT2D eigenvalue weighted by atomic mass is 9.71. The molecule has 0 unspecified atom stereocenters. The Morgan fingerprint density at radius 1 is 0.977 bits per heavy atom. The smallest absolute Gasteiger partial charge is 0.338 e. The van der Waals surface area contributed by atoms with Crippen LogP contribution in [-0.4, -0.2) is 55.4 Å². The molecule has 4 aromatic rings. The van der Waals surface area contributed by atoms with Crippen LogP contribution >= 0.6 is 22.6 Å². The Morgan fingerprint density at radius 3 is 2.34 bits per heavy atom. The van der Waals surface area contributed by atoms with Gasteiger partial charge in [0.05, 0.1) is 39.6 Å². The van der Waals surface area contributed by atoms with Gasteiger partial charge in [-0.1, -0.05) is 48.0 Å². The van der Waals surface area contributed by atoms with Gasteiger partial charge in [-0.25, -0.2) is 18.2 Å². The van der Waals surface area contributed by atoms with Crippen molar-refractivity contribution < 1.29 is 27.5 Å². The summed E-state index contributed by atoms with van der Waals surface area (Å²) in [5.74, 6) is -1.05. The van der Waals surface area contributed by atoms with Crippen molar-refractivity contribution >= 4 is 55.2 Å². The van der Waals surface area contributed by atoms with Crippen molar-refractivity contribution in [1.29, 1.82) is 0 Å². The van der Waals surface area contributed by atoms with E-state index < -0.39 is 26.9 Å². The molecule has 1 aliphatic carbocycles. The lowest BCUT2D eigenvalue weighted by molar-refractivity contribution is -0.200. The molecule has 2 saturated heterocycles. The third kappa shape index (κ3) is 5.87. The molecule has 0 atom stereocenters. The molecule has 7 rings (SSSR count). The highest BCUT2D eigenvalue weighted by Gasteiger charge is 2.55. The van der Waals surface area contributed by atoms with Gasteiger partial charge in [0.1, 0.15) is 6.61 Å². The quantitative estimate of drug-likeness (QED) is 0.177. The van der Waals surface area contributed by atoms with Crippen LogP contribution in [0.3, 0.4) is 0 Å². The summed E-state index contributed by atoms with van der Waals surface area (Å²) < 4.78 is 37.9. The summed E-state index contributed by atoms with van der Waals surface area (Å²) in [7, 11) is -3.58. The Hall–Kier alpha value is -3.35. The van der Waals surface area contributed by atoms with E-state index in [9.17, 15) is 18.0 Å². The maximum Gasteiger partial charge on any atom is 0.338 e. The minimum absolute atomic E-state index is 0.167. The molecule has 1 aromatic heterocycles. The molecule has 2 bridgehead atoms. The maximum absolute atomic E-state index is 14.1. The zero-order valence-electron chi connectivity index (χ0n) is 24.6. The number of halogens is 1. The number of nitrogens with one attached hydrogen (secondary N) is 1. The van der Waals surface area contributed by atoms with E-state index >= 15 is 0 Å². The number of sulfone groups is 1. The van der Waals surface area contributed by atoms with Gasteiger partial charge in [-0.2, -0.15) is 0 Å². The van der Waals surface area contributed by atoms with Crippen molar-refractivity contribution in [3.05, 3.63) is 93.1 Å². The first-order valence-electron chi connectivity index (χ1n) is 14.6. The van der Waals surface area contributed by atoms with E-state index in [1.54, 1.807) is 24.3 Å². The summed E-state index contributed by atoms with van der Waals surface area (Å²) in [4.78, 5) is 32.3. The van der Waals surface area contributed by atoms with Crippen LogP contribution in [0.2, 0.25) is 0 Å². The predicted octanol–water partition coefficient (Wildman–Crippen LogP) is 5.95. The van der Waals surface area contributed by atoms with Crippen molar-refractivity contribution in [2.45, 2.75) is 55.6 Å². The Bertz CT molecular complexity index is 1830. The topological polar surface area (TPSA) is 112 Å². The van der Waals surface area contributed by atoms with Gasteiger partial charge in [-0.3, -0.25) is 4.79 Å². The van der Waals surface area contributed by atoms with Gasteiger partial charge >= 0.3 is 5.97 Å². The van der Waals surface area contributed by atoms with E-state index in [4.69, 9.17) is 14.5 Å². The van der Waals surface area contributed by atoms with Gasteiger partial charge in [0.15, 0.2) is 15.4 Å². The first kappa shape index (κ1) is 30.7. The number of aromatic nitrogens is 1. The van der Waals surface area contributed by atoms with Crippen molar-refractivity contribution in [1.82, 2.24) is 10.3 Å². The van der Waals surface area contributed by atoms with Crippen molar-refractivity contribution in [3.63, 3.8) is 0 Å². The van der Waals surface area contributed by atoms with Gasteiger partial charge < -0.3 is 14.8 Å². The Kier molecular flexibility index (Phi) is 8.27. The molecule has 3 heterocycles. The molecular formula is C34H33IN2O6S. The van der Waals surface area contributed by atoms with Crippen molar-refractivity contribution in [2.75, 3.05) is 19.0 Å². The van der Waals surface area contributed by atoms with Crippen LogP contribution in [0.25, 0.3) is 22.2 Å². The molecule has 228 valence electrons. The molecule has 1 saturated carbocycles. The summed E-state index contributed by atoms with van der Waals surface area (Å²) in [5, 5.41) is 4.07. The Balaban J connectivity index is 1.15. The van der Waals surface area contributed by atoms with Gasteiger partial charge in [0.25, 0.3) is 5.91 Å². The number of esters is 1. The first-order chi connectivity index (χ1) is 21.0. The van der Waals surface area contributed by atoms with E-state index in [1.165, 1.54) is 0 Å². The molecule has 44 heavy (non-hydrogen) atoms. The molecule has 3 aliphatic rings. The largest absolute Gasteiger partial charge is 0.462 e. The van der Waals surface area contributed by atoms with Gasteiger partial charge in [0.2, 0.25) is 0 Å². The van der Waals surface area contributed by atoms with Crippen LogP contribution in [0, 0.1) is 17.4 Å². The molecule has 8 nitrogen and oxygen atoms in total. The van der Waals surface area contributed by atoms with E-state index in [-0.39, 0.29) is 29.8 Å². The van der Waals surface area contributed by atoms with Crippen molar-refractivity contribution in [3.8, 4) is 11.3 Å². The highest BCUT2D eigenvalue weighted by atomic mass is 127. The molecule has 1 amide bonds. The lowest BCUT2D eigenvalue weighted by Gasteiger charge is -2.51. The third-order valence-corrected chi connectivity index (χ3v) is 11.2. The van der Waals surface area contributed by atoms with Crippen molar-refractivity contribution in [2.24, 2.45) is 0 Å². The maximum atomic E-state index is 14.1. The number of fused-ring (bicyclic) bond motifs is 4. The van der Waals surface area contributed by atoms with Crippen LogP contribution in [0.1, 0.15) is 47.2 Å². The molecule has 0 radical (unpaired) electrons. The summed E-state index contributed by atoms with van der Waals surface area (Å²) in [6.45, 7) is 3.73. The van der Waals surface area contributed by atoms with E-state index in [2.05, 4.69) is 27.9 Å². The zero-order valence-corrected chi connectivity index (χ0v) is 27.5. The lowest BCUT2D eigenvalue weighted by Crippen LogP contribution is -2.65. The van der Waals surface area contributed by atoms with Crippen LogP contribution < -0.4 is 5.32 Å². The van der Waals surface area contributed by atoms with E-state index in [0.29, 0.717) is 31.2 Å². The van der Waals surface area contributed by atoms with Crippen LogP contribution in [0.15, 0.2) is 77.7 Å². The van der Waals surface area contributed by atoms with Gasteiger partial charge in [0, 0.05) is 14.5 Å². The molecule has 3 aromatic carbocycles. The Morgan fingerprint density at radius 2 is 1.68 bits per heavy atom. The summed E-state index contributed by atoms with van der Waals surface area (Å²) >= 11 is 2.24. The second kappa shape index (κ2) is 11.9. The predicted molar refractivity (Wildman–Crippen MR) is 176 cm³/mol. The highest BCUT2D eigenvalue weighted by molar-refractivity contribution is 14.1. The monoisotopic (exact) mass is 724 g/mol.